The van der Waals surface area contributed by atoms with Crippen LogP contribution in [0.1, 0.15) is 20.3 Å². The van der Waals surface area contributed by atoms with Crippen LogP contribution in [0.4, 0.5) is 0 Å². The second-order valence-electron chi connectivity index (χ2n) is 2.28. The van der Waals surface area contributed by atoms with Gasteiger partial charge in [-0.2, -0.15) is 0 Å². The maximum Gasteiger partial charge on any atom is 0.351 e. The first kappa shape index (κ1) is 8.60. The molecule has 9 heavy (non-hydrogen) atoms. The summed E-state index contributed by atoms with van der Waals surface area (Å²) < 4.78 is 5.41. The van der Waals surface area contributed by atoms with Gasteiger partial charge in [0, 0.05) is 0 Å². The second kappa shape index (κ2) is 4.48. The normalized spacial score (nSPS) is 11.3. The third-order valence-electron chi connectivity index (χ3n) is 1.06. The summed E-state index contributed by atoms with van der Waals surface area (Å²) in [6.07, 6.45) is 3.01. The van der Waals surface area contributed by atoms with Crippen molar-refractivity contribution in [2.45, 2.75) is 33.9 Å². The first-order valence-corrected chi connectivity index (χ1v) is 3.52. The van der Waals surface area contributed by atoms with Crippen molar-refractivity contribution >= 4 is 6.92 Å². The molecule has 2 heteroatoms. The Morgan fingerprint density at radius 1 is 1.56 bits per heavy atom. The Labute approximate surface area is 58.2 Å². The molecular weight excluding hydrogens is 111 g/mol. The van der Waals surface area contributed by atoms with Gasteiger partial charge in [0.2, 0.25) is 0 Å². The van der Waals surface area contributed by atoms with Crippen LogP contribution in [0.25, 0.3) is 0 Å². The summed E-state index contributed by atoms with van der Waals surface area (Å²) in [7, 11) is 0. The quantitative estimate of drug-likeness (QED) is 0.417. The van der Waals surface area contributed by atoms with E-state index in [0.29, 0.717) is 6.92 Å². The van der Waals surface area contributed by atoms with E-state index >= 15 is 0 Å². The third-order valence-corrected chi connectivity index (χ3v) is 1.06. The monoisotopic (exact) mass is 126 g/mol. The highest BCUT2D eigenvalue weighted by atomic mass is 16.4. The molecule has 0 spiro atoms. The molecule has 0 atom stereocenters. The van der Waals surface area contributed by atoms with E-state index < -0.39 is 0 Å². The van der Waals surface area contributed by atoms with Gasteiger partial charge in [-0.25, -0.2) is 0 Å². The standard InChI is InChI=1S/C7H15BO/c1-5-7(6-2)9-8(3)4/h5H,6H2,1-4H3/b7-5+. The number of rotatable bonds is 3. The van der Waals surface area contributed by atoms with Gasteiger partial charge in [-0.05, 0) is 27.0 Å². The Morgan fingerprint density at radius 3 is 2.22 bits per heavy atom. The van der Waals surface area contributed by atoms with Crippen molar-refractivity contribution in [1.29, 1.82) is 0 Å². The van der Waals surface area contributed by atoms with E-state index in [9.17, 15) is 0 Å². The van der Waals surface area contributed by atoms with Crippen molar-refractivity contribution in [2.24, 2.45) is 0 Å². The predicted molar refractivity (Wildman–Crippen MR) is 42.6 cm³/mol. The molecule has 0 radical (unpaired) electrons. The van der Waals surface area contributed by atoms with Crippen molar-refractivity contribution in [3.8, 4) is 0 Å². The van der Waals surface area contributed by atoms with E-state index in [2.05, 4.69) is 6.92 Å². The topological polar surface area (TPSA) is 9.23 Å². The molecule has 0 saturated carbocycles. The summed E-state index contributed by atoms with van der Waals surface area (Å²) in [5, 5.41) is 0. The van der Waals surface area contributed by atoms with Crippen molar-refractivity contribution in [3.63, 3.8) is 0 Å². The fourth-order valence-electron chi connectivity index (χ4n) is 0.658. The molecule has 0 fully saturated rings. The molecule has 0 aliphatic rings. The van der Waals surface area contributed by atoms with E-state index in [1.165, 1.54) is 0 Å². The molecule has 0 heterocycles. The highest BCUT2D eigenvalue weighted by Crippen LogP contribution is 2.03. The van der Waals surface area contributed by atoms with Crippen LogP contribution in [-0.4, -0.2) is 6.92 Å². The molecule has 0 bridgehead atoms. The summed E-state index contributed by atoms with van der Waals surface area (Å²) >= 11 is 0. The van der Waals surface area contributed by atoms with Crippen LogP contribution >= 0.6 is 0 Å². The minimum Gasteiger partial charge on any atom is -0.564 e. The van der Waals surface area contributed by atoms with E-state index in [0.717, 1.165) is 12.2 Å². The van der Waals surface area contributed by atoms with Gasteiger partial charge in [0.1, 0.15) is 0 Å². The first-order valence-electron chi connectivity index (χ1n) is 3.52. The van der Waals surface area contributed by atoms with E-state index in [-0.39, 0.29) is 0 Å². The van der Waals surface area contributed by atoms with Crippen molar-refractivity contribution < 1.29 is 4.65 Å². The van der Waals surface area contributed by atoms with Gasteiger partial charge in [0.25, 0.3) is 0 Å². The maximum absolute atomic E-state index is 5.41. The van der Waals surface area contributed by atoms with Crippen LogP contribution in [0.15, 0.2) is 11.8 Å². The van der Waals surface area contributed by atoms with Gasteiger partial charge >= 0.3 is 6.92 Å². The Kier molecular flexibility index (Phi) is 4.28. The molecule has 0 aromatic rings. The number of allylic oxidation sites excluding steroid dienone is 2. The number of hydrogen-bond acceptors (Lipinski definition) is 1. The number of hydrogen-bond donors (Lipinski definition) is 0. The second-order valence-corrected chi connectivity index (χ2v) is 2.28. The molecule has 0 aliphatic heterocycles. The third kappa shape index (κ3) is 4.13. The smallest absolute Gasteiger partial charge is 0.351 e. The predicted octanol–water partition coefficient (Wildman–Crippen LogP) is 2.57. The lowest BCUT2D eigenvalue weighted by atomic mass is 9.75. The fourth-order valence-corrected chi connectivity index (χ4v) is 0.658. The van der Waals surface area contributed by atoms with Crippen LogP contribution in [0.5, 0.6) is 0 Å². The summed E-state index contributed by atoms with van der Waals surface area (Å²) in [5.41, 5.74) is 0. The molecule has 0 rings (SSSR count). The van der Waals surface area contributed by atoms with E-state index in [1.54, 1.807) is 0 Å². The Balaban J connectivity index is 3.58. The minimum absolute atomic E-state index is 0.316. The highest BCUT2D eigenvalue weighted by Gasteiger charge is 2.00. The Bertz CT molecular complexity index is 97.1. The average molecular weight is 126 g/mol. The molecular formula is C7H15BO. The molecule has 0 N–H and O–H groups in total. The van der Waals surface area contributed by atoms with E-state index in [4.69, 9.17) is 4.65 Å². The zero-order valence-corrected chi connectivity index (χ0v) is 6.77. The molecule has 0 aromatic heterocycles. The SMILES string of the molecule is C/C=C(\CC)OB(C)C. The average Bonchev–Trinajstić information content (AvgIpc) is 1.82. The Morgan fingerprint density at radius 2 is 2.11 bits per heavy atom. The fraction of sp³-hybridized carbons (Fsp3) is 0.714. The maximum atomic E-state index is 5.41. The van der Waals surface area contributed by atoms with Crippen molar-refractivity contribution in [2.75, 3.05) is 0 Å². The molecule has 0 aromatic carbocycles. The Hall–Kier alpha value is -0.395. The highest BCUT2D eigenvalue weighted by molar-refractivity contribution is 6.48. The lowest BCUT2D eigenvalue weighted by Crippen LogP contribution is -2.06. The summed E-state index contributed by atoms with van der Waals surface area (Å²) in [6, 6.07) is 0. The van der Waals surface area contributed by atoms with Gasteiger partial charge in [0.15, 0.2) is 0 Å². The molecule has 0 unspecified atom stereocenters. The van der Waals surface area contributed by atoms with Crippen LogP contribution in [0, 0.1) is 0 Å². The minimum atomic E-state index is 0.316. The van der Waals surface area contributed by atoms with Gasteiger partial charge in [-0.15, -0.1) is 0 Å². The summed E-state index contributed by atoms with van der Waals surface area (Å²) in [6.45, 7) is 8.49. The molecule has 0 saturated heterocycles. The van der Waals surface area contributed by atoms with Crippen LogP contribution in [-0.2, 0) is 4.65 Å². The summed E-state index contributed by atoms with van der Waals surface area (Å²) in [4.78, 5) is 0. The van der Waals surface area contributed by atoms with Gasteiger partial charge in [0.05, 0.1) is 5.76 Å². The molecule has 52 valence electrons. The molecule has 0 amide bonds. The largest absolute Gasteiger partial charge is 0.564 e. The van der Waals surface area contributed by atoms with Crippen molar-refractivity contribution in [3.05, 3.63) is 11.8 Å². The van der Waals surface area contributed by atoms with Gasteiger partial charge < -0.3 is 4.65 Å². The van der Waals surface area contributed by atoms with E-state index in [1.807, 2.05) is 26.6 Å². The first-order chi connectivity index (χ1) is 4.20. The lowest BCUT2D eigenvalue weighted by molar-refractivity contribution is 0.422. The molecule has 0 aliphatic carbocycles. The van der Waals surface area contributed by atoms with Gasteiger partial charge in [-0.1, -0.05) is 13.0 Å². The van der Waals surface area contributed by atoms with Crippen LogP contribution in [0.2, 0.25) is 13.6 Å². The van der Waals surface area contributed by atoms with Crippen LogP contribution in [0.3, 0.4) is 0 Å². The lowest BCUT2D eigenvalue weighted by Gasteiger charge is -2.08. The van der Waals surface area contributed by atoms with Crippen LogP contribution < -0.4 is 0 Å². The van der Waals surface area contributed by atoms with Gasteiger partial charge in [-0.3, -0.25) is 0 Å². The molecule has 1 nitrogen and oxygen atoms in total. The zero-order valence-electron chi connectivity index (χ0n) is 6.77. The zero-order chi connectivity index (χ0) is 7.28. The summed E-state index contributed by atoms with van der Waals surface area (Å²) in [5.74, 6) is 1.09. The van der Waals surface area contributed by atoms with Crippen molar-refractivity contribution in [1.82, 2.24) is 0 Å².